The molecule has 1 amide bonds. The molecule has 1 N–H and O–H groups in total. The van der Waals surface area contributed by atoms with Crippen LogP contribution in [-0.4, -0.2) is 44.1 Å². The van der Waals surface area contributed by atoms with Crippen LogP contribution < -0.4 is 10.1 Å². The van der Waals surface area contributed by atoms with E-state index in [2.05, 4.69) is 5.32 Å². The van der Waals surface area contributed by atoms with Gasteiger partial charge in [-0.3, -0.25) is 9.59 Å². The van der Waals surface area contributed by atoms with Crippen LogP contribution in [-0.2, 0) is 14.8 Å². The highest BCUT2D eigenvalue weighted by Crippen LogP contribution is 2.23. The van der Waals surface area contributed by atoms with E-state index in [1.54, 1.807) is 43.3 Å². The Balaban J connectivity index is 1.59. The molecule has 1 aliphatic heterocycles. The van der Waals surface area contributed by atoms with Gasteiger partial charge in [0.25, 0.3) is 5.91 Å². The average molecular weight is 431 g/mol. The molecule has 0 aliphatic carbocycles. The Hall–Kier alpha value is -2.71. The number of nitrogens with zero attached hydrogens (tertiary/aromatic N) is 1. The van der Waals surface area contributed by atoms with Crippen LogP contribution in [0.15, 0.2) is 53.4 Å². The number of anilines is 1. The number of amides is 1. The fraction of sp³-hybridized carbons (Fsp3) is 0.364. The molecule has 0 atom stereocenters. The Labute approximate surface area is 177 Å². The van der Waals surface area contributed by atoms with Crippen LogP contribution >= 0.6 is 0 Å². The van der Waals surface area contributed by atoms with Crippen LogP contribution in [0.25, 0.3) is 0 Å². The van der Waals surface area contributed by atoms with Crippen molar-refractivity contribution in [2.75, 3.05) is 25.0 Å². The molecule has 1 heterocycles. The van der Waals surface area contributed by atoms with Crippen molar-refractivity contribution in [1.82, 2.24) is 4.31 Å². The second kappa shape index (κ2) is 9.86. The number of piperidine rings is 1. The predicted molar refractivity (Wildman–Crippen MR) is 114 cm³/mol. The van der Waals surface area contributed by atoms with E-state index in [0.29, 0.717) is 36.5 Å². The first-order valence-corrected chi connectivity index (χ1v) is 11.5. The molecule has 8 heteroatoms. The molecule has 0 unspecified atom stereocenters. The van der Waals surface area contributed by atoms with Gasteiger partial charge in [-0.05, 0) is 55.3 Å². The van der Waals surface area contributed by atoms with Crippen LogP contribution in [0.1, 0.15) is 43.0 Å². The van der Waals surface area contributed by atoms with Crippen LogP contribution in [0.3, 0.4) is 0 Å². The third-order valence-electron chi connectivity index (χ3n) is 4.94. The maximum atomic E-state index is 12.8. The minimum Gasteiger partial charge on any atom is -0.484 e. The van der Waals surface area contributed by atoms with E-state index in [1.165, 1.54) is 16.4 Å². The Bertz CT molecular complexity index is 996. The fourth-order valence-corrected chi connectivity index (χ4v) is 4.84. The SMILES string of the molecule is CCC(=O)c1ccc(OCC(=O)Nc2cccc(S(=O)(=O)N3CCCCC3)c2)cc1. The molecular weight excluding hydrogens is 404 g/mol. The molecule has 7 nitrogen and oxygen atoms in total. The smallest absolute Gasteiger partial charge is 0.262 e. The Kier molecular flexibility index (Phi) is 7.23. The number of rotatable bonds is 8. The van der Waals surface area contributed by atoms with Crippen molar-refractivity contribution in [1.29, 1.82) is 0 Å². The molecule has 1 aliphatic rings. The molecule has 0 saturated carbocycles. The van der Waals surface area contributed by atoms with Gasteiger partial charge in [-0.2, -0.15) is 4.31 Å². The van der Waals surface area contributed by atoms with Crippen molar-refractivity contribution >= 4 is 27.4 Å². The summed E-state index contributed by atoms with van der Waals surface area (Å²) in [4.78, 5) is 24.0. The Morgan fingerprint density at radius 1 is 1.03 bits per heavy atom. The molecule has 160 valence electrons. The first-order valence-electron chi connectivity index (χ1n) is 10.1. The summed E-state index contributed by atoms with van der Waals surface area (Å²) in [7, 11) is -3.57. The number of hydrogen-bond acceptors (Lipinski definition) is 5. The lowest BCUT2D eigenvalue weighted by molar-refractivity contribution is -0.118. The molecule has 2 aromatic rings. The van der Waals surface area contributed by atoms with Gasteiger partial charge >= 0.3 is 0 Å². The van der Waals surface area contributed by atoms with Gasteiger partial charge in [0.05, 0.1) is 4.90 Å². The highest BCUT2D eigenvalue weighted by atomic mass is 32.2. The highest BCUT2D eigenvalue weighted by Gasteiger charge is 2.26. The van der Waals surface area contributed by atoms with Gasteiger partial charge in [-0.1, -0.05) is 19.4 Å². The van der Waals surface area contributed by atoms with Crippen molar-refractivity contribution in [3.63, 3.8) is 0 Å². The number of sulfonamides is 1. The maximum absolute atomic E-state index is 12.8. The minimum atomic E-state index is -3.57. The number of carbonyl (C=O) groups is 2. The molecule has 0 aromatic heterocycles. The summed E-state index contributed by atoms with van der Waals surface area (Å²) >= 11 is 0. The molecular formula is C22H26N2O5S. The van der Waals surface area contributed by atoms with Crippen molar-refractivity contribution in [2.45, 2.75) is 37.5 Å². The quantitative estimate of drug-likeness (QED) is 0.648. The lowest BCUT2D eigenvalue weighted by Gasteiger charge is -2.26. The lowest BCUT2D eigenvalue weighted by atomic mass is 10.1. The zero-order valence-corrected chi connectivity index (χ0v) is 17.8. The standard InChI is InChI=1S/C22H26N2O5S/c1-2-21(25)17-9-11-19(12-10-17)29-16-22(26)23-18-7-6-8-20(15-18)30(27,28)24-13-4-3-5-14-24/h6-12,15H,2-5,13-14,16H2,1H3,(H,23,26). The van der Waals surface area contributed by atoms with Crippen molar-refractivity contribution in [2.24, 2.45) is 0 Å². The monoisotopic (exact) mass is 430 g/mol. The topological polar surface area (TPSA) is 92.8 Å². The summed E-state index contributed by atoms with van der Waals surface area (Å²) in [5.41, 5.74) is 0.992. The predicted octanol–water partition coefficient (Wildman–Crippen LogP) is 3.47. The Morgan fingerprint density at radius 3 is 2.40 bits per heavy atom. The third-order valence-corrected chi connectivity index (χ3v) is 6.83. The van der Waals surface area contributed by atoms with Gasteiger partial charge in [0, 0.05) is 30.8 Å². The van der Waals surface area contributed by atoms with E-state index in [4.69, 9.17) is 4.74 Å². The molecule has 0 bridgehead atoms. The lowest BCUT2D eigenvalue weighted by Crippen LogP contribution is -2.35. The summed E-state index contributed by atoms with van der Waals surface area (Å²) < 4.78 is 32.5. The normalized spacial score (nSPS) is 14.8. The zero-order chi connectivity index (χ0) is 21.6. The maximum Gasteiger partial charge on any atom is 0.262 e. The van der Waals surface area contributed by atoms with Gasteiger partial charge in [0.1, 0.15) is 5.75 Å². The second-order valence-electron chi connectivity index (χ2n) is 7.13. The van der Waals surface area contributed by atoms with Gasteiger partial charge in [-0.15, -0.1) is 0 Å². The summed E-state index contributed by atoms with van der Waals surface area (Å²) in [5, 5.41) is 2.67. The van der Waals surface area contributed by atoms with Gasteiger partial charge in [0.2, 0.25) is 10.0 Å². The van der Waals surface area contributed by atoms with Gasteiger partial charge < -0.3 is 10.1 Å². The van der Waals surface area contributed by atoms with Crippen molar-refractivity contribution < 1.29 is 22.7 Å². The van der Waals surface area contributed by atoms with E-state index >= 15 is 0 Å². The van der Waals surface area contributed by atoms with Crippen molar-refractivity contribution in [3.8, 4) is 5.75 Å². The molecule has 2 aromatic carbocycles. The van der Waals surface area contributed by atoms with E-state index in [0.717, 1.165) is 19.3 Å². The highest BCUT2D eigenvalue weighted by molar-refractivity contribution is 7.89. The summed E-state index contributed by atoms with van der Waals surface area (Å²) in [5.74, 6) is 0.106. The number of ketones is 1. The zero-order valence-electron chi connectivity index (χ0n) is 17.0. The van der Waals surface area contributed by atoms with E-state index in [9.17, 15) is 18.0 Å². The number of benzene rings is 2. The number of nitrogens with one attached hydrogen (secondary N) is 1. The van der Waals surface area contributed by atoms with Crippen LogP contribution in [0.5, 0.6) is 5.75 Å². The molecule has 1 saturated heterocycles. The van der Waals surface area contributed by atoms with Crippen molar-refractivity contribution in [3.05, 3.63) is 54.1 Å². The number of Topliss-reactive ketones (excluding diaryl/α,β-unsaturated/α-hetero) is 1. The van der Waals surface area contributed by atoms with Gasteiger partial charge in [-0.25, -0.2) is 8.42 Å². The van der Waals surface area contributed by atoms with E-state index in [-0.39, 0.29) is 17.3 Å². The molecule has 0 radical (unpaired) electrons. The average Bonchev–Trinajstić information content (AvgIpc) is 2.78. The summed E-state index contributed by atoms with van der Waals surface area (Å²) in [6.45, 7) is 2.61. The minimum absolute atomic E-state index is 0.0404. The Morgan fingerprint density at radius 2 is 1.73 bits per heavy atom. The van der Waals surface area contributed by atoms with E-state index in [1.807, 2.05) is 0 Å². The molecule has 30 heavy (non-hydrogen) atoms. The first kappa shape index (κ1) is 22.0. The summed E-state index contributed by atoms with van der Waals surface area (Å²) in [6, 6.07) is 12.9. The summed E-state index contributed by atoms with van der Waals surface area (Å²) in [6.07, 6.45) is 3.19. The molecule has 3 rings (SSSR count). The first-order chi connectivity index (χ1) is 14.4. The number of hydrogen-bond donors (Lipinski definition) is 1. The largest absolute Gasteiger partial charge is 0.484 e. The fourth-order valence-electron chi connectivity index (χ4n) is 3.28. The third kappa shape index (κ3) is 5.46. The number of ether oxygens (including phenoxy) is 1. The van der Waals surface area contributed by atoms with Crippen LogP contribution in [0.4, 0.5) is 5.69 Å². The van der Waals surface area contributed by atoms with Crippen LogP contribution in [0.2, 0.25) is 0 Å². The van der Waals surface area contributed by atoms with E-state index < -0.39 is 15.9 Å². The van der Waals surface area contributed by atoms with Crippen LogP contribution in [0, 0.1) is 0 Å². The molecule has 0 spiro atoms. The number of carbonyl (C=O) groups excluding carboxylic acids is 2. The molecule has 1 fully saturated rings. The van der Waals surface area contributed by atoms with Gasteiger partial charge in [0.15, 0.2) is 12.4 Å². The second-order valence-corrected chi connectivity index (χ2v) is 9.07.